The second kappa shape index (κ2) is 10.1. The van der Waals surface area contributed by atoms with Crippen molar-refractivity contribution in [2.75, 3.05) is 13.2 Å². The average Bonchev–Trinajstić information content (AvgIpc) is 2.95. The van der Waals surface area contributed by atoms with Crippen molar-refractivity contribution < 1.29 is 14.3 Å². The fraction of sp³-hybridized carbons (Fsp3) is 0.667. The van der Waals surface area contributed by atoms with Gasteiger partial charge in [0.05, 0.1) is 24.6 Å². The summed E-state index contributed by atoms with van der Waals surface area (Å²) in [7, 11) is 0. The number of likely N-dealkylation sites (tertiary alicyclic amines) is 1. The van der Waals surface area contributed by atoms with E-state index in [4.69, 9.17) is 4.74 Å². The van der Waals surface area contributed by atoms with Crippen molar-refractivity contribution >= 4 is 12.0 Å². The Hall–Kier alpha value is -2.04. The normalized spacial score (nSPS) is 21.9. The van der Waals surface area contributed by atoms with Gasteiger partial charge in [-0.2, -0.15) is 0 Å². The van der Waals surface area contributed by atoms with E-state index in [2.05, 4.69) is 36.5 Å². The van der Waals surface area contributed by atoms with Crippen LogP contribution >= 0.6 is 0 Å². The zero-order valence-corrected chi connectivity index (χ0v) is 18.0. The summed E-state index contributed by atoms with van der Waals surface area (Å²) in [5.74, 6) is -0.208. The van der Waals surface area contributed by atoms with Crippen LogP contribution in [0.5, 0.6) is 0 Å². The smallest absolute Gasteiger partial charge is 0.318 e. The van der Waals surface area contributed by atoms with E-state index < -0.39 is 5.54 Å². The van der Waals surface area contributed by atoms with E-state index in [-0.39, 0.29) is 24.5 Å². The lowest BCUT2D eigenvalue weighted by Gasteiger charge is -2.40. The average molecular weight is 401 g/mol. The summed E-state index contributed by atoms with van der Waals surface area (Å²) in [4.78, 5) is 27.8. The number of rotatable bonds is 5. The molecular formula is C24H36N2O3. The van der Waals surface area contributed by atoms with E-state index in [1.165, 1.54) is 11.1 Å². The molecule has 0 radical (unpaired) electrons. The van der Waals surface area contributed by atoms with Crippen LogP contribution in [0.25, 0.3) is 0 Å². The molecule has 5 nitrogen and oxygen atoms in total. The Morgan fingerprint density at radius 2 is 1.90 bits per heavy atom. The molecule has 1 aliphatic carbocycles. The quantitative estimate of drug-likeness (QED) is 0.684. The van der Waals surface area contributed by atoms with Crippen LogP contribution in [0.15, 0.2) is 24.3 Å². The van der Waals surface area contributed by atoms with Crippen molar-refractivity contribution in [3.05, 3.63) is 35.4 Å². The molecule has 2 amide bonds. The van der Waals surface area contributed by atoms with Gasteiger partial charge in [0, 0.05) is 6.54 Å². The van der Waals surface area contributed by atoms with E-state index >= 15 is 0 Å². The number of hydrogen-bond donors (Lipinski definition) is 1. The van der Waals surface area contributed by atoms with Crippen LogP contribution in [-0.2, 0) is 9.53 Å². The van der Waals surface area contributed by atoms with Gasteiger partial charge in [0.1, 0.15) is 0 Å². The number of aryl methyl sites for hydroxylation is 1. The summed E-state index contributed by atoms with van der Waals surface area (Å²) in [6.07, 6.45) is 9.52. The predicted molar refractivity (Wildman–Crippen MR) is 115 cm³/mol. The monoisotopic (exact) mass is 400 g/mol. The van der Waals surface area contributed by atoms with Gasteiger partial charge in [0.15, 0.2) is 0 Å². The number of benzene rings is 1. The molecule has 1 atom stereocenters. The second-order valence-corrected chi connectivity index (χ2v) is 8.73. The van der Waals surface area contributed by atoms with E-state index in [0.717, 1.165) is 64.3 Å². The Bertz CT molecular complexity index is 697. The summed E-state index contributed by atoms with van der Waals surface area (Å²) in [6, 6.07) is 8.59. The largest absolute Gasteiger partial charge is 0.466 e. The minimum Gasteiger partial charge on any atom is -0.466 e. The molecule has 1 saturated carbocycles. The lowest BCUT2D eigenvalue weighted by atomic mass is 9.79. The number of nitrogens with zero attached hydrogens (tertiary/aromatic N) is 1. The number of urea groups is 1. The summed E-state index contributed by atoms with van der Waals surface area (Å²) >= 11 is 0. The molecular weight excluding hydrogens is 364 g/mol. The van der Waals surface area contributed by atoms with Gasteiger partial charge >= 0.3 is 12.0 Å². The molecule has 2 fully saturated rings. The molecule has 160 valence electrons. The van der Waals surface area contributed by atoms with Crippen LogP contribution < -0.4 is 5.32 Å². The minimum atomic E-state index is -0.467. The first-order chi connectivity index (χ1) is 14.0. The predicted octanol–water partition coefficient (Wildman–Crippen LogP) is 5.28. The highest BCUT2D eigenvalue weighted by Gasteiger charge is 2.38. The highest BCUT2D eigenvalue weighted by atomic mass is 16.5. The van der Waals surface area contributed by atoms with E-state index in [1.807, 2.05) is 11.8 Å². The summed E-state index contributed by atoms with van der Waals surface area (Å²) in [5.41, 5.74) is 1.97. The Balaban J connectivity index is 1.79. The molecule has 0 spiro atoms. The molecule has 0 aromatic heterocycles. The number of carbonyl (C=O) groups is 2. The first-order valence-electron chi connectivity index (χ1n) is 11.3. The molecule has 1 aromatic carbocycles. The lowest BCUT2D eigenvalue weighted by molar-refractivity contribution is -0.145. The van der Waals surface area contributed by atoms with Gasteiger partial charge in [0.25, 0.3) is 0 Å². The maximum absolute atomic E-state index is 13.5. The van der Waals surface area contributed by atoms with E-state index in [1.54, 1.807) is 0 Å². The fourth-order valence-electron chi connectivity index (χ4n) is 4.94. The first-order valence-corrected chi connectivity index (χ1v) is 11.3. The van der Waals surface area contributed by atoms with Crippen LogP contribution in [0.2, 0.25) is 0 Å². The van der Waals surface area contributed by atoms with Crippen molar-refractivity contribution in [2.45, 2.75) is 89.6 Å². The van der Waals surface area contributed by atoms with E-state index in [9.17, 15) is 9.59 Å². The van der Waals surface area contributed by atoms with Crippen molar-refractivity contribution in [3.63, 3.8) is 0 Å². The van der Waals surface area contributed by atoms with Gasteiger partial charge in [-0.3, -0.25) is 4.79 Å². The summed E-state index contributed by atoms with van der Waals surface area (Å²) < 4.78 is 5.22. The third kappa shape index (κ3) is 5.74. The third-order valence-electron chi connectivity index (χ3n) is 6.41. The topological polar surface area (TPSA) is 58.6 Å². The number of carbonyl (C=O) groups excluding carboxylic acids is 2. The van der Waals surface area contributed by atoms with Gasteiger partial charge < -0.3 is 15.0 Å². The van der Waals surface area contributed by atoms with Gasteiger partial charge in [-0.15, -0.1) is 0 Å². The van der Waals surface area contributed by atoms with Crippen LogP contribution in [0.1, 0.15) is 88.3 Å². The summed E-state index contributed by atoms with van der Waals surface area (Å²) in [6.45, 7) is 5.07. The molecule has 1 heterocycles. The lowest BCUT2D eigenvalue weighted by Crippen LogP contribution is -2.55. The van der Waals surface area contributed by atoms with Crippen LogP contribution in [0.3, 0.4) is 0 Å². The van der Waals surface area contributed by atoms with Crippen LogP contribution in [-0.4, -0.2) is 35.6 Å². The Labute approximate surface area is 175 Å². The molecule has 0 bridgehead atoms. The molecule has 5 heteroatoms. The zero-order chi connectivity index (χ0) is 20.7. The molecule has 1 aromatic rings. The summed E-state index contributed by atoms with van der Waals surface area (Å²) in [5, 5.41) is 3.32. The van der Waals surface area contributed by atoms with Crippen molar-refractivity contribution in [1.82, 2.24) is 10.2 Å². The van der Waals surface area contributed by atoms with Gasteiger partial charge in [-0.25, -0.2) is 4.79 Å². The maximum atomic E-state index is 13.5. The van der Waals surface area contributed by atoms with Gasteiger partial charge in [-0.05, 0) is 45.1 Å². The standard InChI is InChI=1S/C24H36N2O3/c1-3-29-22(27)18-24(14-7-5-8-15-24)25-23(28)26-16-9-4-6-13-21(26)20-12-10-11-19(2)17-20/h10-12,17,21H,3-9,13-16,18H2,1-2H3,(H,25,28). The number of amides is 2. The molecule has 1 saturated heterocycles. The second-order valence-electron chi connectivity index (χ2n) is 8.73. The number of nitrogens with one attached hydrogen (secondary N) is 1. The SMILES string of the molecule is CCOC(=O)CC1(NC(=O)N2CCCCCC2c2cccc(C)c2)CCCCC1. The Morgan fingerprint density at radius 1 is 1.14 bits per heavy atom. The zero-order valence-electron chi connectivity index (χ0n) is 18.0. The third-order valence-corrected chi connectivity index (χ3v) is 6.41. The van der Waals surface area contributed by atoms with Gasteiger partial charge in [-0.1, -0.05) is 61.9 Å². The Morgan fingerprint density at radius 3 is 2.62 bits per heavy atom. The fourth-order valence-corrected chi connectivity index (χ4v) is 4.94. The number of esters is 1. The highest BCUT2D eigenvalue weighted by molar-refractivity contribution is 5.78. The molecule has 1 aliphatic heterocycles. The molecule has 2 aliphatic rings. The molecule has 1 N–H and O–H groups in total. The molecule has 29 heavy (non-hydrogen) atoms. The maximum Gasteiger partial charge on any atom is 0.318 e. The van der Waals surface area contributed by atoms with Crippen LogP contribution in [0, 0.1) is 6.92 Å². The first kappa shape index (κ1) is 21.7. The van der Waals surface area contributed by atoms with Gasteiger partial charge in [0.2, 0.25) is 0 Å². The van der Waals surface area contributed by atoms with E-state index in [0.29, 0.717) is 6.61 Å². The van der Waals surface area contributed by atoms with Crippen molar-refractivity contribution in [3.8, 4) is 0 Å². The minimum absolute atomic E-state index is 0.0235. The van der Waals surface area contributed by atoms with Crippen molar-refractivity contribution in [1.29, 1.82) is 0 Å². The Kier molecular flexibility index (Phi) is 7.57. The van der Waals surface area contributed by atoms with Crippen LogP contribution in [0.4, 0.5) is 4.79 Å². The number of ether oxygens (including phenoxy) is 1. The van der Waals surface area contributed by atoms with Crippen molar-refractivity contribution in [2.24, 2.45) is 0 Å². The highest BCUT2D eigenvalue weighted by Crippen LogP contribution is 2.34. The number of hydrogen-bond acceptors (Lipinski definition) is 3. The molecule has 1 unspecified atom stereocenters. The molecule has 3 rings (SSSR count).